The van der Waals surface area contributed by atoms with E-state index in [2.05, 4.69) is 5.32 Å². The number of rotatable bonds is 5. The van der Waals surface area contributed by atoms with Gasteiger partial charge in [-0.1, -0.05) is 6.42 Å². The SMILES string of the molecule is O=C(CN1CCCC1=O)NC(=O)CN1CCCCC1CO. The Morgan fingerprint density at radius 3 is 2.57 bits per heavy atom. The molecule has 2 aliphatic heterocycles. The van der Waals surface area contributed by atoms with Gasteiger partial charge in [0.2, 0.25) is 17.7 Å². The third-order valence-electron chi connectivity index (χ3n) is 4.09. The Labute approximate surface area is 124 Å². The third kappa shape index (κ3) is 4.50. The number of aliphatic hydroxyl groups is 1. The van der Waals surface area contributed by atoms with Crippen molar-refractivity contribution >= 4 is 17.7 Å². The number of carbonyl (C=O) groups excluding carboxylic acids is 3. The fraction of sp³-hybridized carbons (Fsp3) is 0.786. The molecule has 0 saturated carbocycles. The summed E-state index contributed by atoms with van der Waals surface area (Å²) in [4.78, 5) is 38.4. The van der Waals surface area contributed by atoms with Gasteiger partial charge in [0.25, 0.3) is 0 Å². The Morgan fingerprint density at radius 1 is 1.14 bits per heavy atom. The van der Waals surface area contributed by atoms with Crippen LogP contribution >= 0.6 is 0 Å². The molecule has 1 atom stereocenters. The van der Waals surface area contributed by atoms with Crippen molar-refractivity contribution in [2.24, 2.45) is 0 Å². The van der Waals surface area contributed by atoms with E-state index in [0.717, 1.165) is 32.2 Å². The average Bonchev–Trinajstić information content (AvgIpc) is 2.84. The minimum Gasteiger partial charge on any atom is -0.395 e. The first-order chi connectivity index (χ1) is 10.1. The zero-order valence-corrected chi connectivity index (χ0v) is 12.2. The molecule has 1 unspecified atom stereocenters. The van der Waals surface area contributed by atoms with Gasteiger partial charge in [0.15, 0.2) is 0 Å². The summed E-state index contributed by atoms with van der Waals surface area (Å²) in [6.45, 7) is 1.44. The van der Waals surface area contributed by atoms with Gasteiger partial charge in [-0.05, 0) is 25.8 Å². The fourth-order valence-electron chi connectivity index (χ4n) is 2.94. The maximum absolute atomic E-state index is 11.9. The lowest BCUT2D eigenvalue weighted by Crippen LogP contribution is -2.49. The van der Waals surface area contributed by atoms with Gasteiger partial charge in [0.1, 0.15) is 0 Å². The number of carbonyl (C=O) groups is 3. The number of aliphatic hydroxyl groups excluding tert-OH is 1. The zero-order chi connectivity index (χ0) is 15.2. The number of imide groups is 1. The Bertz CT molecular complexity index is 413. The van der Waals surface area contributed by atoms with Crippen molar-refractivity contribution in [1.29, 1.82) is 0 Å². The van der Waals surface area contributed by atoms with Gasteiger partial charge >= 0.3 is 0 Å². The van der Waals surface area contributed by atoms with E-state index in [1.54, 1.807) is 0 Å². The molecule has 0 aromatic heterocycles. The molecule has 0 aliphatic carbocycles. The highest BCUT2D eigenvalue weighted by molar-refractivity contribution is 5.98. The number of nitrogens with one attached hydrogen (secondary N) is 1. The van der Waals surface area contributed by atoms with Crippen LogP contribution in [0, 0.1) is 0 Å². The minimum absolute atomic E-state index is 0.000220. The van der Waals surface area contributed by atoms with Crippen LogP contribution in [0.25, 0.3) is 0 Å². The maximum atomic E-state index is 11.9. The Kier molecular flexibility index (Phi) is 5.69. The molecule has 3 amide bonds. The van der Waals surface area contributed by atoms with Crippen molar-refractivity contribution in [1.82, 2.24) is 15.1 Å². The molecular formula is C14H23N3O4. The highest BCUT2D eigenvalue weighted by Gasteiger charge is 2.26. The molecule has 2 heterocycles. The quantitative estimate of drug-likeness (QED) is 0.686. The minimum atomic E-state index is -0.437. The van der Waals surface area contributed by atoms with E-state index in [1.807, 2.05) is 4.90 Å². The van der Waals surface area contributed by atoms with Gasteiger partial charge in [0, 0.05) is 19.0 Å². The molecule has 0 spiro atoms. The summed E-state index contributed by atoms with van der Waals surface area (Å²) in [6.07, 6.45) is 4.18. The number of hydrogen-bond acceptors (Lipinski definition) is 5. The molecule has 2 fully saturated rings. The summed E-state index contributed by atoms with van der Waals surface area (Å²) < 4.78 is 0. The fourth-order valence-corrected chi connectivity index (χ4v) is 2.94. The zero-order valence-electron chi connectivity index (χ0n) is 12.2. The van der Waals surface area contributed by atoms with Crippen LogP contribution in [-0.4, -0.2) is 71.5 Å². The van der Waals surface area contributed by atoms with Crippen LogP contribution in [0.1, 0.15) is 32.1 Å². The second kappa shape index (κ2) is 7.51. The summed E-state index contributed by atoms with van der Waals surface area (Å²) >= 11 is 0. The lowest BCUT2D eigenvalue weighted by atomic mass is 10.0. The van der Waals surface area contributed by atoms with Crippen LogP contribution < -0.4 is 5.32 Å². The molecule has 2 rings (SSSR count). The van der Waals surface area contributed by atoms with Gasteiger partial charge in [-0.2, -0.15) is 0 Å². The molecule has 21 heavy (non-hydrogen) atoms. The predicted molar refractivity (Wildman–Crippen MR) is 75.3 cm³/mol. The van der Waals surface area contributed by atoms with Gasteiger partial charge in [-0.15, -0.1) is 0 Å². The third-order valence-corrected chi connectivity index (χ3v) is 4.09. The maximum Gasteiger partial charge on any atom is 0.246 e. The first-order valence-electron chi connectivity index (χ1n) is 7.55. The van der Waals surface area contributed by atoms with Gasteiger partial charge < -0.3 is 10.0 Å². The summed E-state index contributed by atoms with van der Waals surface area (Å²) in [5.74, 6) is -0.839. The summed E-state index contributed by atoms with van der Waals surface area (Å²) in [5, 5.41) is 11.6. The van der Waals surface area contributed by atoms with Crippen LogP contribution in [-0.2, 0) is 14.4 Å². The number of amides is 3. The second-order valence-electron chi connectivity index (χ2n) is 5.69. The van der Waals surface area contributed by atoms with Crippen LogP contribution in [0.2, 0.25) is 0 Å². The van der Waals surface area contributed by atoms with Gasteiger partial charge in [0.05, 0.1) is 19.7 Å². The van der Waals surface area contributed by atoms with Gasteiger partial charge in [-0.25, -0.2) is 0 Å². The van der Waals surface area contributed by atoms with Crippen molar-refractivity contribution in [3.05, 3.63) is 0 Å². The molecule has 0 radical (unpaired) electrons. The van der Waals surface area contributed by atoms with E-state index in [4.69, 9.17) is 0 Å². The Morgan fingerprint density at radius 2 is 1.90 bits per heavy atom. The molecule has 2 N–H and O–H groups in total. The first kappa shape index (κ1) is 15.9. The number of piperidine rings is 1. The van der Waals surface area contributed by atoms with Crippen LogP contribution in [0.5, 0.6) is 0 Å². The highest BCUT2D eigenvalue weighted by Crippen LogP contribution is 2.15. The molecule has 0 bridgehead atoms. The lowest BCUT2D eigenvalue weighted by molar-refractivity contribution is -0.136. The van der Waals surface area contributed by atoms with E-state index in [9.17, 15) is 19.5 Å². The second-order valence-corrected chi connectivity index (χ2v) is 5.69. The van der Waals surface area contributed by atoms with E-state index >= 15 is 0 Å². The largest absolute Gasteiger partial charge is 0.395 e. The molecule has 7 heteroatoms. The Balaban J connectivity index is 1.75. The van der Waals surface area contributed by atoms with Crippen molar-refractivity contribution in [3.8, 4) is 0 Å². The van der Waals surface area contributed by atoms with Crippen LogP contribution in [0.3, 0.4) is 0 Å². The molecular weight excluding hydrogens is 274 g/mol. The summed E-state index contributed by atoms with van der Waals surface area (Å²) in [5.41, 5.74) is 0. The van der Waals surface area contributed by atoms with E-state index in [-0.39, 0.29) is 37.6 Å². The molecule has 7 nitrogen and oxygen atoms in total. The van der Waals surface area contributed by atoms with E-state index in [1.165, 1.54) is 4.90 Å². The van der Waals surface area contributed by atoms with Crippen molar-refractivity contribution < 1.29 is 19.5 Å². The molecule has 118 valence electrons. The first-order valence-corrected chi connectivity index (χ1v) is 7.55. The van der Waals surface area contributed by atoms with Crippen molar-refractivity contribution in [2.75, 3.05) is 32.8 Å². The van der Waals surface area contributed by atoms with Crippen LogP contribution in [0.4, 0.5) is 0 Å². The predicted octanol–water partition coefficient (Wildman–Crippen LogP) is -0.902. The van der Waals surface area contributed by atoms with E-state index < -0.39 is 5.91 Å². The van der Waals surface area contributed by atoms with Gasteiger partial charge in [-0.3, -0.25) is 24.6 Å². The monoisotopic (exact) mass is 297 g/mol. The number of nitrogens with zero attached hydrogens (tertiary/aromatic N) is 2. The highest BCUT2D eigenvalue weighted by atomic mass is 16.3. The van der Waals surface area contributed by atoms with E-state index in [0.29, 0.717) is 13.0 Å². The standard InChI is InChI=1S/C14H23N3O4/c18-10-11-4-1-2-6-16(11)8-12(19)15-13(20)9-17-7-3-5-14(17)21/h11,18H,1-10H2,(H,15,19,20). The average molecular weight is 297 g/mol. The van der Waals surface area contributed by atoms with Crippen molar-refractivity contribution in [2.45, 2.75) is 38.1 Å². The number of likely N-dealkylation sites (tertiary alicyclic amines) is 2. The molecule has 2 aliphatic rings. The Hall–Kier alpha value is -1.47. The topological polar surface area (TPSA) is 90.0 Å². The number of hydrogen-bond donors (Lipinski definition) is 2. The van der Waals surface area contributed by atoms with Crippen molar-refractivity contribution in [3.63, 3.8) is 0 Å². The van der Waals surface area contributed by atoms with Crippen LogP contribution in [0.15, 0.2) is 0 Å². The smallest absolute Gasteiger partial charge is 0.246 e. The summed E-state index contributed by atoms with van der Waals surface area (Å²) in [7, 11) is 0. The molecule has 0 aromatic rings. The lowest BCUT2D eigenvalue weighted by Gasteiger charge is -2.33. The normalized spacial score (nSPS) is 23.4. The molecule has 2 saturated heterocycles. The molecule has 0 aromatic carbocycles. The summed E-state index contributed by atoms with van der Waals surface area (Å²) in [6, 6.07) is -0.000220.